The average Bonchev–Trinajstić information content (AvgIpc) is 2.53. The van der Waals surface area contributed by atoms with Crippen molar-refractivity contribution >= 4 is 17.5 Å². The van der Waals surface area contributed by atoms with Crippen LogP contribution in [-0.4, -0.2) is 13.0 Å². The Labute approximate surface area is 136 Å². The smallest absolute Gasteiger partial charge is 0.225 e. The zero-order chi connectivity index (χ0) is 15.9. The van der Waals surface area contributed by atoms with E-state index in [2.05, 4.69) is 5.32 Å². The van der Waals surface area contributed by atoms with Gasteiger partial charge in [-0.1, -0.05) is 48.9 Å². The van der Waals surface area contributed by atoms with Gasteiger partial charge in [-0.3, -0.25) is 4.79 Å². The van der Waals surface area contributed by atoms with Crippen molar-refractivity contribution in [3.63, 3.8) is 0 Å². The van der Waals surface area contributed by atoms with Gasteiger partial charge in [-0.15, -0.1) is 0 Å². The number of nitrogens with one attached hydrogen (secondary N) is 1. The maximum Gasteiger partial charge on any atom is 0.225 e. The number of benzene rings is 2. The summed E-state index contributed by atoms with van der Waals surface area (Å²) in [6.07, 6.45) is 1.10. The molecule has 1 amide bonds. The van der Waals surface area contributed by atoms with Crippen molar-refractivity contribution in [2.45, 2.75) is 25.8 Å². The number of carbonyl (C=O) groups is 1. The number of para-hydroxylation sites is 1. The Morgan fingerprint density at radius 2 is 2.00 bits per heavy atom. The first kappa shape index (κ1) is 16.4. The summed E-state index contributed by atoms with van der Waals surface area (Å²) in [4.78, 5) is 12.3. The maximum absolute atomic E-state index is 12.3. The standard InChI is InChI=1S/C18H20ClNO2/c1-3-16(13-8-6-9-15(19)11-13)20-18(21)12-14-7-4-5-10-17(14)22-2/h4-11,16H,3,12H2,1-2H3,(H,20,21). The highest BCUT2D eigenvalue weighted by molar-refractivity contribution is 6.30. The van der Waals surface area contributed by atoms with Gasteiger partial charge in [0.15, 0.2) is 0 Å². The normalized spacial score (nSPS) is 11.8. The van der Waals surface area contributed by atoms with Crippen molar-refractivity contribution in [2.75, 3.05) is 7.11 Å². The molecule has 2 aromatic carbocycles. The van der Waals surface area contributed by atoms with E-state index < -0.39 is 0 Å². The van der Waals surface area contributed by atoms with Gasteiger partial charge in [-0.05, 0) is 30.2 Å². The molecule has 1 atom stereocenters. The summed E-state index contributed by atoms with van der Waals surface area (Å²) in [5.41, 5.74) is 1.90. The van der Waals surface area contributed by atoms with Crippen molar-refractivity contribution < 1.29 is 9.53 Å². The van der Waals surface area contributed by atoms with Gasteiger partial charge in [-0.2, -0.15) is 0 Å². The molecule has 22 heavy (non-hydrogen) atoms. The fourth-order valence-electron chi connectivity index (χ4n) is 2.41. The van der Waals surface area contributed by atoms with E-state index in [1.807, 2.05) is 55.5 Å². The molecule has 116 valence electrons. The van der Waals surface area contributed by atoms with Gasteiger partial charge in [0.25, 0.3) is 0 Å². The van der Waals surface area contributed by atoms with E-state index in [-0.39, 0.29) is 11.9 Å². The van der Waals surface area contributed by atoms with Gasteiger partial charge in [0.1, 0.15) is 5.75 Å². The summed E-state index contributed by atoms with van der Waals surface area (Å²) in [5.74, 6) is 0.699. The highest BCUT2D eigenvalue weighted by Gasteiger charge is 2.14. The quantitative estimate of drug-likeness (QED) is 0.868. The molecule has 2 aromatic rings. The van der Waals surface area contributed by atoms with Crippen molar-refractivity contribution in [3.8, 4) is 5.75 Å². The Morgan fingerprint density at radius 3 is 2.68 bits per heavy atom. The van der Waals surface area contributed by atoms with Gasteiger partial charge in [-0.25, -0.2) is 0 Å². The molecule has 0 radical (unpaired) electrons. The fraction of sp³-hybridized carbons (Fsp3) is 0.278. The minimum atomic E-state index is -0.0408. The molecule has 0 saturated heterocycles. The van der Waals surface area contributed by atoms with Crippen LogP contribution in [0.2, 0.25) is 5.02 Å². The Morgan fingerprint density at radius 1 is 1.23 bits per heavy atom. The Balaban J connectivity index is 2.06. The number of rotatable bonds is 6. The summed E-state index contributed by atoms with van der Waals surface area (Å²) < 4.78 is 5.28. The molecular weight excluding hydrogens is 298 g/mol. The largest absolute Gasteiger partial charge is 0.496 e. The number of hydrogen-bond donors (Lipinski definition) is 1. The molecule has 2 rings (SSSR count). The second-order valence-electron chi connectivity index (χ2n) is 5.07. The van der Waals surface area contributed by atoms with Crippen LogP contribution in [0.4, 0.5) is 0 Å². The maximum atomic E-state index is 12.3. The van der Waals surface area contributed by atoms with Crippen molar-refractivity contribution in [3.05, 3.63) is 64.7 Å². The van der Waals surface area contributed by atoms with Gasteiger partial charge in [0, 0.05) is 10.6 Å². The zero-order valence-corrected chi connectivity index (χ0v) is 13.6. The lowest BCUT2D eigenvalue weighted by atomic mass is 10.0. The highest BCUT2D eigenvalue weighted by atomic mass is 35.5. The molecular formula is C18H20ClNO2. The molecule has 0 bridgehead atoms. The lowest BCUT2D eigenvalue weighted by Gasteiger charge is -2.18. The van der Waals surface area contributed by atoms with Crippen LogP contribution in [0.25, 0.3) is 0 Å². The number of hydrogen-bond acceptors (Lipinski definition) is 2. The van der Waals surface area contributed by atoms with E-state index >= 15 is 0 Å². The van der Waals surface area contributed by atoms with Crippen LogP contribution in [-0.2, 0) is 11.2 Å². The molecule has 0 spiro atoms. The lowest BCUT2D eigenvalue weighted by Crippen LogP contribution is -2.29. The molecule has 0 saturated carbocycles. The minimum Gasteiger partial charge on any atom is -0.496 e. The first-order valence-electron chi connectivity index (χ1n) is 7.30. The summed E-state index contributed by atoms with van der Waals surface area (Å²) in [6, 6.07) is 15.1. The average molecular weight is 318 g/mol. The summed E-state index contributed by atoms with van der Waals surface area (Å²) in [5, 5.41) is 3.73. The van der Waals surface area contributed by atoms with Crippen LogP contribution in [0.1, 0.15) is 30.5 Å². The van der Waals surface area contributed by atoms with E-state index in [1.54, 1.807) is 7.11 Å². The third-order valence-corrected chi connectivity index (χ3v) is 3.77. The van der Waals surface area contributed by atoms with Crippen LogP contribution >= 0.6 is 11.6 Å². The monoisotopic (exact) mass is 317 g/mol. The first-order valence-corrected chi connectivity index (χ1v) is 7.68. The van der Waals surface area contributed by atoms with Crippen molar-refractivity contribution in [2.24, 2.45) is 0 Å². The molecule has 0 aliphatic heterocycles. The van der Waals surface area contributed by atoms with Gasteiger partial charge in [0.05, 0.1) is 19.6 Å². The Bertz CT molecular complexity index is 642. The third-order valence-electron chi connectivity index (χ3n) is 3.54. The fourth-order valence-corrected chi connectivity index (χ4v) is 2.61. The topological polar surface area (TPSA) is 38.3 Å². The molecule has 1 unspecified atom stereocenters. The number of amides is 1. The number of carbonyl (C=O) groups excluding carboxylic acids is 1. The van der Waals surface area contributed by atoms with E-state index in [9.17, 15) is 4.79 Å². The highest BCUT2D eigenvalue weighted by Crippen LogP contribution is 2.22. The molecule has 0 heterocycles. The van der Waals surface area contributed by atoms with Gasteiger partial charge >= 0.3 is 0 Å². The molecule has 4 heteroatoms. The SMILES string of the molecule is CCC(NC(=O)Cc1ccccc1OC)c1cccc(Cl)c1. The predicted octanol–water partition coefficient (Wildman–Crippen LogP) is 4.16. The number of methoxy groups -OCH3 is 1. The lowest BCUT2D eigenvalue weighted by molar-refractivity contribution is -0.121. The van der Waals surface area contributed by atoms with Gasteiger partial charge in [0.2, 0.25) is 5.91 Å². The molecule has 1 N–H and O–H groups in total. The predicted molar refractivity (Wildman–Crippen MR) is 89.3 cm³/mol. The van der Waals surface area contributed by atoms with Crippen LogP contribution < -0.4 is 10.1 Å². The van der Waals surface area contributed by atoms with Crippen molar-refractivity contribution in [1.82, 2.24) is 5.32 Å². The van der Waals surface area contributed by atoms with E-state index in [1.165, 1.54) is 0 Å². The molecule has 0 aliphatic rings. The summed E-state index contributed by atoms with van der Waals surface area (Å²) in [7, 11) is 1.61. The van der Waals surface area contributed by atoms with Crippen LogP contribution in [0.5, 0.6) is 5.75 Å². The zero-order valence-electron chi connectivity index (χ0n) is 12.8. The van der Waals surface area contributed by atoms with Crippen LogP contribution in [0, 0.1) is 0 Å². The summed E-state index contributed by atoms with van der Waals surface area (Å²) >= 11 is 6.02. The Hall–Kier alpha value is -2.00. The summed E-state index contributed by atoms with van der Waals surface area (Å²) in [6.45, 7) is 2.04. The second kappa shape index (κ2) is 7.85. The minimum absolute atomic E-state index is 0.0312. The Kier molecular flexibility index (Phi) is 5.84. The molecule has 0 aromatic heterocycles. The molecule has 0 aliphatic carbocycles. The van der Waals surface area contributed by atoms with Gasteiger partial charge < -0.3 is 10.1 Å². The molecule has 3 nitrogen and oxygen atoms in total. The van der Waals surface area contributed by atoms with E-state index in [4.69, 9.17) is 16.3 Å². The molecule has 0 fully saturated rings. The number of halogens is 1. The van der Waals surface area contributed by atoms with E-state index in [0.717, 1.165) is 23.3 Å². The third kappa shape index (κ3) is 4.25. The van der Waals surface area contributed by atoms with Crippen molar-refractivity contribution in [1.29, 1.82) is 0 Å². The van der Waals surface area contributed by atoms with Crippen LogP contribution in [0.15, 0.2) is 48.5 Å². The number of ether oxygens (including phenoxy) is 1. The second-order valence-corrected chi connectivity index (χ2v) is 5.51. The van der Waals surface area contributed by atoms with E-state index in [0.29, 0.717) is 11.4 Å². The first-order chi connectivity index (χ1) is 10.6. The van der Waals surface area contributed by atoms with Crippen LogP contribution in [0.3, 0.4) is 0 Å².